The van der Waals surface area contributed by atoms with Gasteiger partial charge in [0.25, 0.3) is 0 Å². The van der Waals surface area contributed by atoms with Crippen LogP contribution in [0.15, 0.2) is 133 Å². The molecule has 0 radical (unpaired) electrons. The molecule has 0 aliphatic carbocycles. The van der Waals surface area contributed by atoms with Crippen molar-refractivity contribution in [3.63, 3.8) is 0 Å². The predicted molar refractivity (Wildman–Crippen MR) is 225 cm³/mol. The van der Waals surface area contributed by atoms with Crippen molar-refractivity contribution in [2.45, 2.75) is 13.8 Å². The second-order valence-corrected chi connectivity index (χ2v) is 19.5. The van der Waals surface area contributed by atoms with E-state index >= 15 is 0 Å². The van der Waals surface area contributed by atoms with Crippen LogP contribution in [0.2, 0.25) is 0 Å². The molecule has 0 bridgehead atoms. The molecule has 0 aromatic heterocycles. The van der Waals surface area contributed by atoms with Gasteiger partial charge >= 0.3 is 0 Å². The maximum atomic E-state index is 14.6. The summed E-state index contributed by atoms with van der Waals surface area (Å²) in [7, 11) is -6.14. The van der Waals surface area contributed by atoms with E-state index in [0.717, 1.165) is 45.0 Å². The highest BCUT2D eigenvalue weighted by atomic mass is 127. The Balaban J connectivity index is 0.000000162. The van der Waals surface area contributed by atoms with Gasteiger partial charge in [-0.1, -0.05) is 121 Å². The van der Waals surface area contributed by atoms with E-state index in [1.54, 1.807) is 0 Å². The maximum absolute atomic E-state index is 14.6. The lowest BCUT2D eigenvalue weighted by atomic mass is 10.2. The first-order valence-corrected chi connectivity index (χ1v) is 22.1. The minimum atomic E-state index is -3.12. The van der Waals surface area contributed by atoms with E-state index in [1.807, 2.05) is 147 Å². The molecule has 6 aromatic rings. The summed E-state index contributed by atoms with van der Waals surface area (Å²) in [5.74, 6) is 3.19. The van der Waals surface area contributed by atoms with Crippen LogP contribution in [-0.2, 0) is 9.13 Å². The van der Waals surface area contributed by atoms with E-state index < -0.39 is 14.3 Å². The molecule has 264 valence electrons. The molecule has 0 fully saturated rings. The Hall–Kier alpha value is -3.76. The van der Waals surface area contributed by atoms with E-state index in [9.17, 15) is 9.13 Å². The third kappa shape index (κ3) is 6.66. The molecule has 2 heterocycles. The molecule has 11 heteroatoms. The summed E-state index contributed by atoms with van der Waals surface area (Å²) in [5.41, 5.74) is 0.940. The molecule has 0 saturated heterocycles. The van der Waals surface area contributed by atoms with Gasteiger partial charge in [0.2, 0.25) is 19.3 Å². The number of rotatable bonds is 8. The molecule has 7 nitrogen and oxygen atoms in total. The number of halogens is 2. The minimum absolute atomic E-state index is 0.135. The minimum Gasteiger partial charge on any atom is -0.490 e. The smallest absolute Gasteiger partial charge is 0.231 e. The van der Waals surface area contributed by atoms with Crippen molar-refractivity contribution in [3.8, 4) is 28.7 Å². The van der Waals surface area contributed by atoms with Crippen molar-refractivity contribution >= 4 is 91.3 Å². The highest BCUT2D eigenvalue weighted by molar-refractivity contribution is 14.1. The normalized spacial score (nSPS) is 12.9. The molecular formula is C41H34I2O7P2. The van der Waals surface area contributed by atoms with Crippen LogP contribution in [0.5, 0.6) is 28.7 Å². The lowest BCUT2D eigenvalue weighted by Crippen LogP contribution is -2.27. The Bertz CT molecular complexity index is 2220. The Morgan fingerprint density at radius 1 is 0.538 bits per heavy atom. The van der Waals surface area contributed by atoms with Gasteiger partial charge in [0, 0.05) is 31.8 Å². The predicted octanol–water partition coefficient (Wildman–Crippen LogP) is 8.03. The van der Waals surface area contributed by atoms with Crippen LogP contribution in [0.1, 0.15) is 12.5 Å². The molecule has 2 aliphatic rings. The Morgan fingerprint density at radius 2 is 0.885 bits per heavy atom. The maximum Gasteiger partial charge on any atom is 0.231 e. The van der Waals surface area contributed by atoms with E-state index in [2.05, 4.69) is 45.2 Å². The molecule has 52 heavy (non-hydrogen) atoms. The van der Waals surface area contributed by atoms with E-state index in [0.29, 0.717) is 34.9 Å². The van der Waals surface area contributed by atoms with Gasteiger partial charge in [-0.25, -0.2) is 0 Å². The van der Waals surface area contributed by atoms with Crippen molar-refractivity contribution < 1.29 is 32.8 Å². The number of fused-ring (bicyclic) bond motifs is 2. The SMILES string of the molecule is CCOc1cc(P(=O)(c2ccccc2)c2ccccc2)c(I)c2c1OCO2.Cc1cc(P(=O)(c2ccccc2)c2ccccc2)c(I)c2c1OCO2. The lowest BCUT2D eigenvalue weighted by molar-refractivity contribution is 0.169. The van der Waals surface area contributed by atoms with Gasteiger partial charge in [0.05, 0.1) is 13.7 Å². The first-order chi connectivity index (χ1) is 25.3. The average molecular weight is 954 g/mol. The average Bonchev–Trinajstić information content (AvgIpc) is 3.91. The number of hydrogen-bond acceptors (Lipinski definition) is 7. The highest BCUT2D eigenvalue weighted by Crippen LogP contribution is 2.52. The number of ether oxygens (including phenoxy) is 5. The summed E-state index contributed by atoms with van der Waals surface area (Å²) in [6, 6.07) is 42.3. The molecule has 0 atom stereocenters. The van der Waals surface area contributed by atoms with Gasteiger partial charge < -0.3 is 32.8 Å². The van der Waals surface area contributed by atoms with Gasteiger partial charge in [0.1, 0.15) is 0 Å². The third-order valence-corrected chi connectivity index (χ3v) is 17.9. The Labute approximate surface area is 330 Å². The van der Waals surface area contributed by atoms with Gasteiger partial charge in [-0.05, 0) is 76.7 Å². The fourth-order valence-corrected chi connectivity index (χ4v) is 15.0. The molecule has 0 N–H and O–H groups in total. The standard InChI is InChI=1S/C21H18IO4P.C20H16IO3P/c1-2-24-17-13-18(19(22)21-20(17)25-14-26-21)27(23,15-9-5-3-6-10-15)16-11-7-4-8-12-16;1-14-12-17(18(21)20-19(14)23-13-24-20)25(22,15-8-4-2-5-9-15)16-10-6-3-7-11-16/h3-13H,2,14H2,1H3;2-12H,13H2,1H3. The quantitative estimate of drug-likeness (QED) is 0.113. The van der Waals surface area contributed by atoms with Crippen LogP contribution in [0.4, 0.5) is 0 Å². The topological polar surface area (TPSA) is 80.3 Å². The summed E-state index contributed by atoms with van der Waals surface area (Å²) < 4.78 is 59.1. The molecule has 0 unspecified atom stereocenters. The molecule has 2 aliphatic heterocycles. The van der Waals surface area contributed by atoms with E-state index in [1.165, 1.54) is 0 Å². The van der Waals surface area contributed by atoms with Crippen molar-refractivity contribution in [3.05, 3.63) is 146 Å². The summed E-state index contributed by atoms with van der Waals surface area (Å²) in [5, 5.41) is 4.68. The second kappa shape index (κ2) is 15.7. The summed E-state index contributed by atoms with van der Waals surface area (Å²) in [4.78, 5) is 0. The van der Waals surface area contributed by atoms with Gasteiger partial charge in [-0.15, -0.1) is 0 Å². The lowest BCUT2D eigenvalue weighted by Gasteiger charge is -2.22. The van der Waals surface area contributed by atoms with Gasteiger partial charge in [-0.2, -0.15) is 0 Å². The second-order valence-electron chi connectivity index (χ2n) is 11.9. The van der Waals surface area contributed by atoms with Crippen molar-refractivity contribution in [2.75, 3.05) is 20.2 Å². The van der Waals surface area contributed by atoms with Crippen molar-refractivity contribution in [1.29, 1.82) is 0 Å². The van der Waals surface area contributed by atoms with Crippen molar-refractivity contribution in [2.24, 2.45) is 0 Å². The molecular weight excluding hydrogens is 920 g/mol. The van der Waals surface area contributed by atoms with Crippen LogP contribution < -0.4 is 55.5 Å². The zero-order valence-corrected chi connectivity index (χ0v) is 34.4. The Kier molecular flexibility index (Phi) is 11.0. The molecule has 0 spiro atoms. The van der Waals surface area contributed by atoms with Crippen LogP contribution in [0, 0.1) is 14.1 Å². The zero-order valence-electron chi connectivity index (χ0n) is 28.3. The fraction of sp³-hybridized carbons (Fsp3) is 0.122. The molecule has 0 amide bonds. The van der Waals surface area contributed by atoms with Gasteiger partial charge in [-0.3, -0.25) is 0 Å². The summed E-state index contributed by atoms with van der Waals surface area (Å²) in [6.07, 6.45) is 0. The van der Waals surface area contributed by atoms with Crippen LogP contribution >= 0.6 is 59.5 Å². The molecule has 8 rings (SSSR count). The fourth-order valence-electron chi connectivity index (χ4n) is 6.31. The monoisotopic (exact) mass is 954 g/mol. The van der Waals surface area contributed by atoms with Crippen molar-refractivity contribution in [1.82, 2.24) is 0 Å². The zero-order chi connectivity index (χ0) is 36.3. The summed E-state index contributed by atoms with van der Waals surface area (Å²) in [6.45, 7) is 4.70. The van der Waals surface area contributed by atoms with Crippen LogP contribution in [0.25, 0.3) is 0 Å². The van der Waals surface area contributed by atoms with Crippen LogP contribution in [0.3, 0.4) is 0 Å². The Morgan fingerprint density at radius 3 is 1.29 bits per heavy atom. The molecule has 0 saturated carbocycles. The van der Waals surface area contributed by atoms with E-state index in [4.69, 9.17) is 23.7 Å². The largest absolute Gasteiger partial charge is 0.490 e. The summed E-state index contributed by atoms with van der Waals surface area (Å²) >= 11 is 4.42. The van der Waals surface area contributed by atoms with Crippen LogP contribution in [-0.4, -0.2) is 20.2 Å². The third-order valence-electron chi connectivity index (χ3n) is 8.73. The van der Waals surface area contributed by atoms with Gasteiger partial charge in [0.15, 0.2) is 37.3 Å². The first-order valence-electron chi connectivity index (χ1n) is 16.6. The van der Waals surface area contributed by atoms with E-state index in [-0.39, 0.29) is 13.6 Å². The number of aryl methyl sites for hydroxylation is 1. The molecule has 6 aromatic carbocycles. The number of hydrogen-bond donors (Lipinski definition) is 0. The first kappa shape index (κ1) is 36.6. The highest BCUT2D eigenvalue weighted by Gasteiger charge is 2.37. The number of benzene rings is 6.